The zero-order valence-corrected chi connectivity index (χ0v) is 19.9. The van der Waals surface area contributed by atoms with Crippen LogP contribution in [0.2, 0.25) is 10.0 Å². The van der Waals surface area contributed by atoms with Gasteiger partial charge >= 0.3 is 0 Å². The van der Waals surface area contributed by atoms with E-state index in [0.717, 1.165) is 26.2 Å². The number of hydrogen-bond donors (Lipinski definition) is 0. The van der Waals surface area contributed by atoms with Crippen molar-refractivity contribution < 1.29 is 4.79 Å². The first kappa shape index (κ1) is 22.1. The summed E-state index contributed by atoms with van der Waals surface area (Å²) in [5, 5.41) is 2.05. The second-order valence-corrected chi connectivity index (χ2v) is 10.0. The third-order valence-corrected chi connectivity index (χ3v) is 7.14. The zero-order chi connectivity index (χ0) is 21.8. The van der Waals surface area contributed by atoms with Crippen LogP contribution in [0.3, 0.4) is 0 Å². The van der Waals surface area contributed by atoms with Crippen molar-refractivity contribution in [1.29, 1.82) is 0 Å². The topological polar surface area (TPSA) is 46.1 Å². The molecule has 0 spiro atoms. The van der Waals surface area contributed by atoms with Gasteiger partial charge < -0.3 is 0 Å². The SMILES string of the molecule is Cc1cc(Cl)cc2sc(N(Cc3cccnc3)C(=O)CCSc3ccc(Cl)cc3)nc12. The van der Waals surface area contributed by atoms with Gasteiger partial charge in [-0.3, -0.25) is 14.7 Å². The molecular formula is C23H19Cl2N3OS2. The Balaban J connectivity index is 1.55. The molecule has 4 nitrogen and oxygen atoms in total. The lowest BCUT2D eigenvalue weighted by molar-refractivity contribution is -0.118. The summed E-state index contributed by atoms with van der Waals surface area (Å²) in [5.41, 5.74) is 2.83. The van der Waals surface area contributed by atoms with E-state index in [1.165, 1.54) is 11.3 Å². The quantitative estimate of drug-likeness (QED) is 0.262. The van der Waals surface area contributed by atoms with Crippen LogP contribution in [0.5, 0.6) is 0 Å². The molecule has 2 aromatic carbocycles. The fourth-order valence-corrected chi connectivity index (χ4v) is 5.52. The summed E-state index contributed by atoms with van der Waals surface area (Å²) in [6.07, 6.45) is 3.89. The summed E-state index contributed by atoms with van der Waals surface area (Å²) in [6.45, 7) is 2.40. The zero-order valence-electron chi connectivity index (χ0n) is 16.7. The number of hydrogen-bond acceptors (Lipinski definition) is 5. The van der Waals surface area contributed by atoms with E-state index in [1.807, 2.05) is 55.5 Å². The monoisotopic (exact) mass is 487 g/mol. The lowest BCUT2D eigenvalue weighted by atomic mass is 10.2. The van der Waals surface area contributed by atoms with Crippen LogP contribution in [-0.2, 0) is 11.3 Å². The molecule has 2 aromatic heterocycles. The van der Waals surface area contributed by atoms with E-state index in [9.17, 15) is 4.79 Å². The number of pyridine rings is 1. The maximum atomic E-state index is 13.2. The van der Waals surface area contributed by atoms with Crippen molar-refractivity contribution in [2.75, 3.05) is 10.7 Å². The highest BCUT2D eigenvalue weighted by Gasteiger charge is 2.21. The maximum Gasteiger partial charge on any atom is 0.229 e. The number of benzene rings is 2. The number of thioether (sulfide) groups is 1. The number of carbonyl (C=O) groups excluding carboxylic acids is 1. The number of carbonyl (C=O) groups is 1. The van der Waals surface area contributed by atoms with Crippen LogP contribution < -0.4 is 4.90 Å². The number of aromatic nitrogens is 2. The van der Waals surface area contributed by atoms with E-state index in [0.29, 0.717) is 33.9 Å². The van der Waals surface area contributed by atoms with Gasteiger partial charge in [-0.1, -0.05) is 40.6 Å². The molecule has 8 heteroatoms. The van der Waals surface area contributed by atoms with Gasteiger partial charge in [0.05, 0.1) is 16.8 Å². The normalized spacial score (nSPS) is 11.1. The number of thiazole rings is 1. The van der Waals surface area contributed by atoms with Crippen LogP contribution in [0.4, 0.5) is 5.13 Å². The summed E-state index contributed by atoms with van der Waals surface area (Å²) in [7, 11) is 0. The number of rotatable bonds is 7. The van der Waals surface area contributed by atoms with E-state index in [4.69, 9.17) is 28.2 Å². The Morgan fingerprint density at radius 3 is 2.68 bits per heavy atom. The molecule has 0 bridgehead atoms. The van der Waals surface area contributed by atoms with Gasteiger partial charge in [0.25, 0.3) is 0 Å². The van der Waals surface area contributed by atoms with Gasteiger partial charge in [-0.25, -0.2) is 4.98 Å². The van der Waals surface area contributed by atoms with Crippen LogP contribution in [0.1, 0.15) is 17.5 Å². The van der Waals surface area contributed by atoms with Crippen LogP contribution >= 0.6 is 46.3 Å². The predicted octanol–water partition coefficient (Wildman–Crippen LogP) is 7.02. The maximum absolute atomic E-state index is 13.2. The van der Waals surface area contributed by atoms with Crippen molar-refractivity contribution in [1.82, 2.24) is 9.97 Å². The highest BCUT2D eigenvalue weighted by Crippen LogP contribution is 2.34. The Labute approximate surface area is 199 Å². The first-order chi connectivity index (χ1) is 15.0. The standard InChI is InChI=1S/C23H19Cl2N3OS2/c1-15-11-18(25)12-20-22(15)27-23(31-20)28(14-16-3-2-9-26-13-16)21(29)8-10-30-19-6-4-17(24)5-7-19/h2-7,9,11-13H,8,10,14H2,1H3. The summed E-state index contributed by atoms with van der Waals surface area (Å²) in [4.78, 5) is 25.0. The van der Waals surface area contributed by atoms with E-state index >= 15 is 0 Å². The molecule has 31 heavy (non-hydrogen) atoms. The minimum atomic E-state index is 0.0214. The molecule has 0 atom stereocenters. The van der Waals surface area contributed by atoms with Gasteiger partial charge in [-0.15, -0.1) is 11.8 Å². The van der Waals surface area contributed by atoms with Crippen molar-refractivity contribution in [3.63, 3.8) is 0 Å². The first-order valence-electron chi connectivity index (χ1n) is 9.64. The summed E-state index contributed by atoms with van der Waals surface area (Å²) < 4.78 is 0.972. The van der Waals surface area contributed by atoms with Crippen LogP contribution in [-0.4, -0.2) is 21.6 Å². The number of fused-ring (bicyclic) bond motifs is 1. The second-order valence-electron chi connectivity index (χ2n) is 6.96. The Bertz CT molecular complexity index is 1200. The number of amides is 1. The molecular weight excluding hydrogens is 469 g/mol. The first-order valence-corrected chi connectivity index (χ1v) is 12.2. The highest BCUT2D eigenvalue weighted by molar-refractivity contribution is 7.99. The summed E-state index contributed by atoms with van der Waals surface area (Å²) in [6, 6.07) is 15.3. The Morgan fingerprint density at radius 2 is 1.94 bits per heavy atom. The van der Waals surface area contributed by atoms with E-state index < -0.39 is 0 Å². The molecule has 0 unspecified atom stereocenters. The summed E-state index contributed by atoms with van der Waals surface area (Å²) >= 11 is 15.3. The van der Waals surface area contributed by atoms with Crippen LogP contribution in [0.25, 0.3) is 10.2 Å². The molecule has 2 heterocycles. The molecule has 0 aliphatic heterocycles. The largest absolute Gasteiger partial charge is 0.284 e. The summed E-state index contributed by atoms with van der Waals surface area (Å²) in [5.74, 6) is 0.688. The Morgan fingerprint density at radius 1 is 1.13 bits per heavy atom. The molecule has 1 amide bonds. The van der Waals surface area contributed by atoms with Gasteiger partial charge in [0, 0.05) is 39.5 Å². The van der Waals surface area contributed by atoms with Crippen molar-refractivity contribution in [2.45, 2.75) is 24.8 Å². The van der Waals surface area contributed by atoms with Gasteiger partial charge in [0.1, 0.15) is 0 Å². The smallest absolute Gasteiger partial charge is 0.229 e. The van der Waals surface area contributed by atoms with Crippen LogP contribution in [0.15, 0.2) is 65.8 Å². The van der Waals surface area contributed by atoms with Gasteiger partial charge in [0.15, 0.2) is 5.13 Å². The molecule has 158 valence electrons. The van der Waals surface area contributed by atoms with Crippen LogP contribution in [0, 0.1) is 6.92 Å². The fraction of sp³-hybridized carbons (Fsp3) is 0.174. The number of halogens is 2. The number of aryl methyl sites for hydroxylation is 1. The van der Waals surface area contributed by atoms with E-state index in [-0.39, 0.29) is 5.91 Å². The van der Waals surface area contributed by atoms with Gasteiger partial charge in [-0.2, -0.15) is 0 Å². The minimum Gasteiger partial charge on any atom is -0.284 e. The van der Waals surface area contributed by atoms with Crippen molar-refractivity contribution >= 4 is 67.6 Å². The number of nitrogens with zero attached hydrogens (tertiary/aromatic N) is 3. The van der Waals surface area contributed by atoms with E-state index in [2.05, 4.69) is 4.98 Å². The molecule has 0 aliphatic carbocycles. The molecule has 0 saturated carbocycles. The van der Waals surface area contributed by atoms with Gasteiger partial charge in [-0.05, 0) is 60.5 Å². The third-order valence-electron chi connectivity index (χ3n) is 4.63. The number of anilines is 1. The molecule has 0 fully saturated rings. The van der Waals surface area contributed by atoms with E-state index in [1.54, 1.807) is 29.1 Å². The minimum absolute atomic E-state index is 0.0214. The Hall–Kier alpha value is -2.12. The predicted molar refractivity (Wildman–Crippen MR) is 132 cm³/mol. The Kier molecular flexibility index (Phi) is 7.13. The molecule has 4 aromatic rings. The molecule has 0 aliphatic rings. The lowest BCUT2D eigenvalue weighted by Crippen LogP contribution is -2.30. The van der Waals surface area contributed by atoms with Crippen molar-refractivity contribution in [3.8, 4) is 0 Å². The average Bonchev–Trinajstić information content (AvgIpc) is 3.18. The lowest BCUT2D eigenvalue weighted by Gasteiger charge is -2.20. The molecule has 0 N–H and O–H groups in total. The van der Waals surface area contributed by atoms with Gasteiger partial charge in [0.2, 0.25) is 5.91 Å². The second kappa shape index (κ2) is 10.0. The van der Waals surface area contributed by atoms with Crippen molar-refractivity contribution in [2.24, 2.45) is 0 Å². The molecule has 0 radical (unpaired) electrons. The van der Waals surface area contributed by atoms with Crippen molar-refractivity contribution in [3.05, 3.63) is 82.1 Å². The average molecular weight is 488 g/mol. The molecule has 0 saturated heterocycles. The third kappa shape index (κ3) is 5.57. The molecule has 4 rings (SSSR count). The fourth-order valence-electron chi connectivity index (χ4n) is 3.12. The highest BCUT2D eigenvalue weighted by atomic mass is 35.5.